The average Bonchev–Trinajstić information content (AvgIpc) is 3.14. The van der Waals surface area contributed by atoms with Crippen molar-refractivity contribution in [2.24, 2.45) is 7.05 Å². The number of nitrogens with two attached hydrogens (primary N) is 1. The van der Waals surface area contributed by atoms with Crippen LogP contribution < -0.4 is 5.73 Å². The van der Waals surface area contributed by atoms with Crippen LogP contribution in [-0.2, 0) is 7.05 Å². The number of phenols is 1. The van der Waals surface area contributed by atoms with Gasteiger partial charge in [0.05, 0.1) is 17.0 Å². The zero-order valence-electron chi connectivity index (χ0n) is 16.1. The van der Waals surface area contributed by atoms with Crippen LogP contribution in [0.3, 0.4) is 0 Å². The second kappa shape index (κ2) is 6.77. The normalized spacial score (nSPS) is 11.2. The molecule has 2 aromatic carbocycles. The molecule has 0 saturated carbocycles. The van der Waals surface area contributed by atoms with Gasteiger partial charge in [-0.2, -0.15) is 0 Å². The first-order valence-corrected chi connectivity index (χ1v) is 8.95. The summed E-state index contributed by atoms with van der Waals surface area (Å²) in [6.07, 6.45) is 0. The molecule has 0 radical (unpaired) electrons. The monoisotopic (exact) mass is 395 g/mol. The zero-order valence-corrected chi connectivity index (χ0v) is 16.1. The van der Waals surface area contributed by atoms with Crippen LogP contribution in [-0.4, -0.2) is 14.8 Å². The van der Waals surface area contributed by atoms with Gasteiger partial charge in [0, 0.05) is 23.7 Å². The summed E-state index contributed by atoms with van der Waals surface area (Å²) in [7, 11) is 1.76. The van der Waals surface area contributed by atoms with Gasteiger partial charge in [0.25, 0.3) is 0 Å². The molecule has 2 heterocycles. The van der Waals surface area contributed by atoms with Crippen LogP contribution >= 0.6 is 0 Å². The van der Waals surface area contributed by atoms with Gasteiger partial charge < -0.3 is 19.9 Å². The Morgan fingerprint density at radius 2 is 1.59 bits per heavy atom. The van der Waals surface area contributed by atoms with E-state index in [1.54, 1.807) is 42.8 Å². The molecule has 0 bridgehead atoms. The zero-order chi connectivity index (χ0) is 20.9. The number of rotatable bonds is 3. The molecular formula is C22H19F2N3O2. The smallest absolute Gasteiger partial charge is 0.159 e. The van der Waals surface area contributed by atoms with E-state index in [4.69, 9.17) is 10.3 Å². The fourth-order valence-corrected chi connectivity index (χ4v) is 3.69. The molecule has 3 N–H and O–H groups in total. The summed E-state index contributed by atoms with van der Waals surface area (Å²) in [5, 5.41) is 13.7. The lowest BCUT2D eigenvalue weighted by atomic mass is 9.93. The van der Waals surface area contributed by atoms with Gasteiger partial charge in [0.2, 0.25) is 0 Å². The third-order valence-corrected chi connectivity index (χ3v) is 5.07. The van der Waals surface area contributed by atoms with Crippen molar-refractivity contribution in [3.8, 4) is 39.3 Å². The second-order valence-electron chi connectivity index (χ2n) is 6.92. The number of aromatic hydroxyl groups is 1. The average molecular weight is 395 g/mol. The molecule has 2 aromatic heterocycles. The molecule has 4 rings (SSSR count). The summed E-state index contributed by atoms with van der Waals surface area (Å²) in [6.45, 7) is 3.61. The van der Waals surface area contributed by atoms with Gasteiger partial charge in [0.1, 0.15) is 17.3 Å². The van der Waals surface area contributed by atoms with E-state index in [1.807, 2.05) is 6.92 Å². The van der Waals surface area contributed by atoms with Crippen molar-refractivity contribution in [2.45, 2.75) is 13.8 Å². The van der Waals surface area contributed by atoms with Crippen LogP contribution in [0.5, 0.6) is 5.75 Å². The molecule has 7 heteroatoms. The molecule has 0 aliphatic heterocycles. The van der Waals surface area contributed by atoms with Gasteiger partial charge in [-0.3, -0.25) is 0 Å². The molecule has 0 aliphatic rings. The Bertz CT molecular complexity index is 1200. The van der Waals surface area contributed by atoms with Crippen molar-refractivity contribution in [2.75, 3.05) is 5.73 Å². The number of hydrogen-bond acceptors (Lipinski definition) is 4. The number of nitrogen functional groups attached to an aromatic ring is 1. The summed E-state index contributed by atoms with van der Waals surface area (Å²) in [4.78, 5) is 0. The Morgan fingerprint density at radius 1 is 0.931 bits per heavy atom. The maximum atomic E-state index is 14.0. The van der Waals surface area contributed by atoms with Crippen molar-refractivity contribution in [1.29, 1.82) is 0 Å². The van der Waals surface area contributed by atoms with Gasteiger partial charge in [-0.1, -0.05) is 17.3 Å². The molecular weight excluding hydrogens is 376 g/mol. The lowest BCUT2D eigenvalue weighted by molar-refractivity contribution is 0.393. The highest BCUT2D eigenvalue weighted by molar-refractivity contribution is 6.00. The van der Waals surface area contributed by atoms with Crippen LogP contribution in [0.15, 0.2) is 47.0 Å². The topological polar surface area (TPSA) is 77.2 Å². The van der Waals surface area contributed by atoms with Crippen LogP contribution in [0, 0.1) is 25.5 Å². The molecule has 0 atom stereocenters. The number of hydrogen-bond donors (Lipinski definition) is 2. The van der Waals surface area contributed by atoms with Gasteiger partial charge in [-0.05, 0) is 49.7 Å². The molecule has 0 unspecified atom stereocenters. The standard InChI is InChI=1S/C22H19F2N3O2/c1-11-18(12(2)29-26-11)20-19(13-4-7-15(28)8-5-13)21(27(3)22(20)25)14-6-9-16(23)17(24)10-14/h4-10,28H,25H2,1-3H3. The Balaban J connectivity index is 2.12. The molecule has 0 saturated heterocycles. The third kappa shape index (κ3) is 2.95. The predicted octanol–water partition coefficient (Wildman–Crippen LogP) is 5.20. The summed E-state index contributed by atoms with van der Waals surface area (Å²) in [5.41, 5.74) is 11.1. The van der Waals surface area contributed by atoms with Crippen molar-refractivity contribution in [1.82, 2.24) is 9.72 Å². The van der Waals surface area contributed by atoms with Gasteiger partial charge >= 0.3 is 0 Å². The Hall–Kier alpha value is -3.61. The van der Waals surface area contributed by atoms with Crippen LogP contribution in [0.25, 0.3) is 33.5 Å². The number of nitrogens with zero attached hydrogens (tertiary/aromatic N) is 2. The molecule has 0 amide bonds. The Labute approximate surface area is 166 Å². The fourth-order valence-electron chi connectivity index (χ4n) is 3.69. The minimum Gasteiger partial charge on any atom is -0.508 e. The minimum atomic E-state index is -0.946. The van der Waals surface area contributed by atoms with Crippen LogP contribution in [0.2, 0.25) is 0 Å². The Morgan fingerprint density at radius 3 is 2.17 bits per heavy atom. The Kier molecular flexibility index (Phi) is 4.38. The van der Waals surface area contributed by atoms with E-state index >= 15 is 0 Å². The highest BCUT2D eigenvalue weighted by atomic mass is 19.2. The van der Waals surface area contributed by atoms with E-state index in [2.05, 4.69) is 5.16 Å². The van der Waals surface area contributed by atoms with E-state index in [9.17, 15) is 13.9 Å². The number of phenolic OH excluding ortho intramolecular Hbond substituents is 1. The number of benzene rings is 2. The van der Waals surface area contributed by atoms with E-state index < -0.39 is 11.6 Å². The van der Waals surface area contributed by atoms with Crippen molar-refractivity contribution >= 4 is 5.82 Å². The molecule has 0 fully saturated rings. The largest absolute Gasteiger partial charge is 0.508 e. The molecule has 29 heavy (non-hydrogen) atoms. The van der Waals surface area contributed by atoms with E-state index in [1.165, 1.54) is 6.07 Å². The minimum absolute atomic E-state index is 0.117. The van der Waals surface area contributed by atoms with Crippen LogP contribution in [0.4, 0.5) is 14.6 Å². The quantitative estimate of drug-likeness (QED) is 0.500. The molecule has 0 aliphatic carbocycles. The van der Waals surface area contributed by atoms with Crippen molar-refractivity contribution in [3.05, 3.63) is 65.6 Å². The van der Waals surface area contributed by atoms with Gasteiger partial charge in [-0.25, -0.2) is 8.78 Å². The maximum Gasteiger partial charge on any atom is 0.159 e. The summed E-state index contributed by atoms with van der Waals surface area (Å²) >= 11 is 0. The molecule has 148 valence electrons. The first-order chi connectivity index (χ1) is 13.8. The van der Waals surface area contributed by atoms with E-state index in [0.29, 0.717) is 39.7 Å². The summed E-state index contributed by atoms with van der Waals surface area (Å²) < 4.78 is 34.6. The number of aromatic nitrogens is 2. The fraction of sp³-hybridized carbons (Fsp3) is 0.136. The summed E-state index contributed by atoms with van der Waals surface area (Å²) in [6, 6.07) is 10.4. The van der Waals surface area contributed by atoms with Crippen LogP contribution in [0.1, 0.15) is 11.5 Å². The van der Waals surface area contributed by atoms with Crippen molar-refractivity contribution < 1.29 is 18.4 Å². The van der Waals surface area contributed by atoms with Crippen molar-refractivity contribution in [3.63, 3.8) is 0 Å². The summed E-state index contributed by atoms with van der Waals surface area (Å²) in [5.74, 6) is -0.726. The number of halogens is 2. The third-order valence-electron chi connectivity index (χ3n) is 5.07. The first-order valence-electron chi connectivity index (χ1n) is 8.95. The van der Waals surface area contributed by atoms with E-state index in [0.717, 1.165) is 23.3 Å². The predicted molar refractivity (Wildman–Crippen MR) is 107 cm³/mol. The lowest BCUT2D eigenvalue weighted by Crippen LogP contribution is -1.99. The highest BCUT2D eigenvalue weighted by Gasteiger charge is 2.27. The molecule has 0 spiro atoms. The van der Waals surface area contributed by atoms with E-state index in [-0.39, 0.29) is 5.75 Å². The molecule has 5 nitrogen and oxygen atoms in total. The number of anilines is 1. The second-order valence-corrected chi connectivity index (χ2v) is 6.92. The SMILES string of the molecule is Cc1noc(C)c1-c1c(-c2ccc(O)cc2)c(-c2ccc(F)c(F)c2)n(C)c1N. The molecule has 4 aromatic rings. The van der Waals surface area contributed by atoms with Gasteiger partial charge in [0.15, 0.2) is 11.6 Å². The maximum absolute atomic E-state index is 14.0. The van der Waals surface area contributed by atoms with Gasteiger partial charge in [-0.15, -0.1) is 0 Å². The highest BCUT2D eigenvalue weighted by Crippen LogP contribution is 2.47. The lowest BCUT2D eigenvalue weighted by Gasteiger charge is -2.10. The number of aryl methyl sites for hydroxylation is 2. The first kappa shape index (κ1) is 18.7.